The molecule has 0 radical (unpaired) electrons. The van der Waals surface area contributed by atoms with E-state index in [9.17, 15) is 4.79 Å². The van der Waals surface area contributed by atoms with E-state index in [1.807, 2.05) is 48.7 Å². The molecule has 0 unspecified atom stereocenters. The number of rotatable bonds is 4. The first-order valence-corrected chi connectivity index (χ1v) is 7.48. The zero-order chi connectivity index (χ0) is 13.9. The first-order chi connectivity index (χ1) is 9.79. The number of hydrogen-bond acceptors (Lipinski definition) is 3. The van der Waals surface area contributed by atoms with E-state index < -0.39 is 0 Å². The molecule has 2 heterocycles. The van der Waals surface area contributed by atoms with Crippen molar-refractivity contribution in [1.82, 2.24) is 5.32 Å². The smallest absolute Gasteiger partial charge is 0.287 e. The fraction of sp³-hybridized carbons (Fsp3) is 0.188. The molecule has 0 saturated carbocycles. The van der Waals surface area contributed by atoms with E-state index in [0.29, 0.717) is 12.3 Å². The van der Waals surface area contributed by atoms with Gasteiger partial charge in [-0.1, -0.05) is 31.2 Å². The molecule has 1 amide bonds. The summed E-state index contributed by atoms with van der Waals surface area (Å²) in [6, 6.07) is 11.7. The second kappa shape index (κ2) is 5.51. The van der Waals surface area contributed by atoms with E-state index in [1.165, 1.54) is 0 Å². The van der Waals surface area contributed by atoms with Crippen LogP contribution >= 0.6 is 11.3 Å². The van der Waals surface area contributed by atoms with Crippen molar-refractivity contribution in [2.45, 2.75) is 19.9 Å². The van der Waals surface area contributed by atoms with Crippen molar-refractivity contribution < 1.29 is 9.21 Å². The number of thiophene rings is 1. The average molecular weight is 285 g/mol. The topological polar surface area (TPSA) is 42.2 Å². The number of aryl methyl sites for hydroxylation is 1. The van der Waals surface area contributed by atoms with Gasteiger partial charge in [-0.15, -0.1) is 11.3 Å². The number of furan rings is 1. The van der Waals surface area contributed by atoms with Crippen molar-refractivity contribution in [2.24, 2.45) is 0 Å². The van der Waals surface area contributed by atoms with Crippen LogP contribution in [0.5, 0.6) is 0 Å². The highest BCUT2D eigenvalue weighted by atomic mass is 32.1. The Kier molecular flexibility index (Phi) is 3.56. The van der Waals surface area contributed by atoms with Crippen molar-refractivity contribution >= 4 is 28.2 Å². The lowest BCUT2D eigenvalue weighted by molar-refractivity contribution is 0.0924. The Morgan fingerprint density at radius 3 is 2.85 bits per heavy atom. The Morgan fingerprint density at radius 2 is 2.10 bits per heavy atom. The molecule has 0 fully saturated rings. The van der Waals surface area contributed by atoms with Crippen LogP contribution in [0.15, 0.2) is 46.2 Å². The van der Waals surface area contributed by atoms with Gasteiger partial charge in [0.05, 0.1) is 6.54 Å². The number of carbonyl (C=O) groups excluding carboxylic acids is 1. The molecule has 0 bridgehead atoms. The summed E-state index contributed by atoms with van der Waals surface area (Å²) < 4.78 is 5.71. The lowest BCUT2D eigenvalue weighted by Crippen LogP contribution is -2.22. The predicted molar refractivity (Wildman–Crippen MR) is 81.1 cm³/mol. The minimum absolute atomic E-state index is 0.147. The van der Waals surface area contributed by atoms with E-state index in [4.69, 9.17) is 4.42 Å². The molecule has 20 heavy (non-hydrogen) atoms. The Labute approximate surface area is 121 Å². The predicted octanol–water partition coefficient (Wildman–Crippen LogP) is 3.99. The third-order valence-electron chi connectivity index (χ3n) is 3.26. The van der Waals surface area contributed by atoms with Gasteiger partial charge in [-0.2, -0.15) is 0 Å². The third-order valence-corrected chi connectivity index (χ3v) is 4.14. The van der Waals surface area contributed by atoms with Gasteiger partial charge in [0.1, 0.15) is 5.58 Å². The maximum absolute atomic E-state index is 12.3. The lowest BCUT2D eigenvalue weighted by atomic mass is 10.1. The number of fused-ring (bicyclic) bond motifs is 1. The summed E-state index contributed by atoms with van der Waals surface area (Å²) >= 11 is 1.63. The molecule has 0 saturated heterocycles. The van der Waals surface area contributed by atoms with Crippen molar-refractivity contribution in [3.8, 4) is 0 Å². The van der Waals surface area contributed by atoms with Gasteiger partial charge >= 0.3 is 0 Å². The van der Waals surface area contributed by atoms with E-state index in [1.54, 1.807) is 11.3 Å². The van der Waals surface area contributed by atoms with Gasteiger partial charge < -0.3 is 9.73 Å². The molecule has 2 aromatic heterocycles. The number of benzene rings is 1. The van der Waals surface area contributed by atoms with Gasteiger partial charge in [-0.3, -0.25) is 4.79 Å². The largest absolute Gasteiger partial charge is 0.451 e. The van der Waals surface area contributed by atoms with Crippen molar-refractivity contribution in [1.29, 1.82) is 0 Å². The molecule has 4 heteroatoms. The Morgan fingerprint density at radius 1 is 1.25 bits per heavy atom. The first kappa shape index (κ1) is 12.9. The second-order valence-corrected chi connectivity index (χ2v) is 5.55. The van der Waals surface area contributed by atoms with Gasteiger partial charge in [0.15, 0.2) is 5.76 Å². The van der Waals surface area contributed by atoms with Crippen LogP contribution in [0.1, 0.15) is 27.9 Å². The molecule has 3 rings (SSSR count). The molecule has 0 atom stereocenters. The van der Waals surface area contributed by atoms with Crippen LogP contribution in [0.4, 0.5) is 0 Å². The third kappa shape index (κ3) is 2.34. The number of para-hydroxylation sites is 1. The van der Waals surface area contributed by atoms with Crippen LogP contribution in [0.25, 0.3) is 11.0 Å². The molecular weight excluding hydrogens is 270 g/mol. The highest BCUT2D eigenvalue weighted by molar-refractivity contribution is 7.09. The maximum atomic E-state index is 12.3. The molecule has 0 aliphatic heterocycles. The monoisotopic (exact) mass is 285 g/mol. The Balaban J connectivity index is 1.87. The molecule has 1 N–H and O–H groups in total. The van der Waals surface area contributed by atoms with Crippen LogP contribution < -0.4 is 5.32 Å². The van der Waals surface area contributed by atoms with Gasteiger partial charge in [0, 0.05) is 15.8 Å². The van der Waals surface area contributed by atoms with Gasteiger partial charge in [0.2, 0.25) is 0 Å². The molecule has 0 aliphatic rings. The number of nitrogens with one attached hydrogen (secondary N) is 1. The zero-order valence-corrected chi connectivity index (χ0v) is 12.0. The summed E-state index contributed by atoms with van der Waals surface area (Å²) in [6.07, 6.45) is 0.777. The number of carbonyl (C=O) groups is 1. The molecule has 3 aromatic rings. The van der Waals surface area contributed by atoms with Crippen molar-refractivity contribution in [3.63, 3.8) is 0 Å². The highest BCUT2D eigenvalue weighted by Gasteiger charge is 2.18. The van der Waals surface area contributed by atoms with Gasteiger partial charge in [0.25, 0.3) is 5.91 Å². The summed E-state index contributed by atoms with van der Waals surface area (Å²) in [6.45, 7) is 2.57. The van der Waals surface area contributed by atoms with E-state index in [-0.39, 0.29) is 5.91 Å². The molecular formula is C16H15NO2S. The normalized spacial score (nSPS) is 10.8. The van der Waals surface area contributed by atoms with Crippen LogP contribution in [0, 0.1) is 0 Å². The van der Waals surface area contributed by atoms with Crippen LogP contribution in [-0.4, -0.2) is 5.91 Å². The van der Waals surface area contributed by atoms with Crippen molar-refractivity contribution in [3.05, 3.63) is 58.0 Å². The van der Waals surface area contributed by atoms with Gasteiger partial charge in [-0.05, 0) is 23.9 Å². The fourth-order valence-electron chi connectivity index (χ4n) is 2.29. The molecule has 0 aliphatic carbocycles. The van der Waals surface area contributed by atoms with Crippen molar-refractivity contribution in [2.75, 3.05) is 0 Å². The first-order valence-electron chi connectivity index (χ1n) is 6.60. The van der Waals surface area contributed by atoms with Gasteiger partial charge in [-0.25, -0.2) is 0 Å². The summed E-state index contributed by atoms with van der Waals surface area (Å²) in [5.74, 6) is 0.289. The quantitative estimate of drug-likeness (QED) is 0.787. The maximum Gasteiger partial charge on any atom is 0.287 e. The number of hydrogen-bond donors (Lipinski definition) is 1. The summed E-state index contributed by atoms with van der Waals surface area (Å²) in [7, 11) is 0. The number of amides is 1. The second-order valence-electron chi connectivity index (χ2n) is 4.52. The molecule has 102 valence electrons. The van der Waals surface area contributed by atoms with Crippen LogP contribution in [0.3, 0.4) is 0 Å². The molecule has 1 aromatic carbocycles. The molecule has 3 nitrogen and oxygen atoms in total. The standard InChI is InChI=1S/C16H15NO2S/c1-2-12-13-7-3-4-8-14(13)19-15(12)16(18)17-10-11-6-5-9-20-11/h3-9H,2,10H2,1H3,(H,17,18). The van der Waals surface area contributed by atoms with E-state index >= 15 is 0 Å². The Hall–Kier alpha value is -2.07. The molecule has 0 spiro atoms. The lowest BCUT2D eigenvalue weighted by Gasteiger charge is -2.02. The highest BCUT2D eigenvalue weighted by Crippen LogP contribution is 2.26. The Bertz CT molecular complexity index is 728. The van der Waals surface area contributed by atoms with E-state index in [0.717, 1.165) is 27.8 Å². The van der Waals surface area contributed by atoms with Crippen LogP contribution in [-0.2, 0) is 13.0 Å². The minimum Gasteiger partial charge on any atom is -0.451 e. The SMILES string of the molecule is CCc1c(C(=O)NCc2cccs2)oc2ccccc12. The fourth-order valence-corrected chi connectivity index (χ4v) is 2.94. The van der Waals surface area contributed by atoms with E-state index in [2.05, 4.69) is 5.32 Å². The minimum atomic E-state index is -0.147. The summed E-state index contributed by atoms with van der Waals surface area (Å²) in [5, 5.41) is 5.94. The summed E-state index contributed by atoms with van der Waals surface area (Å²) in [5.41, 5.74) is 1.75. The average Bonchev–Trinajstić information content (AvgIpc) is 3.11. The summed E-state index contributed by atoms with van der Waals surface area (Å²) in [4.78, 5) is 13.4. The zero-order valence-electron chi connectivity index (χ0n) is 11.2. The van der Waals surface area contributed by atoms with Crippen LogP contribution in [0.2, 0.25) is 0 Å².